The summed E-state index contributed by atoms with van der Waals surface area (Å²) in [6, 6.07) is 15.4. The summed E-state index contributed by atoms with van der Waals surface area (Å²) in [7, 11) is 1.64. The SMILES string of the molecule is CN1C(=O)NC(c2ccccc2Cl)C2=C1CN(C(Cc1ccccc1)C(=O)NC1CC1)C2=O. The number of likely N-dealkylation sites (N-methyl/N-ethyl adjacent to an activating group) is 1. The van der Waals surface area contributed by atoms with Crippen molar-refractivity contribution in [2.75, 3.05) is 13.6 Å². The minimum absolute atomic E-state index is 0.161. The number of carbonyl (C=O) groups excluding carboxylic acids is 3. The number of hydrogen-bond donors (Lipinski definition) is 2. The number of urea groups is 1. The molecule has 2 aromatic carbocycles. The highest BCUT2D eigenvalue weighted by atomic mass is 35.5. The molecule has 0 bridgehead atoms. The molecule has 7 nitrogen and oxygen atoms in total. The van der Waals surface area contributed by atoms with E-state index in [2.05, 4.69) is 10.6 Å². The fourth-order valence-electron chi connectivity index (χ4n) is 4.49. The molecule has 2 unspecified atom stereocenters. The van der Waals surface area contributed by atoms with E-state index in [1.807, 2.05) is 36.4 Å². The Morgan fingerprint density at radius 1 is 1.12 bits per heavy atom. The fourth-order valence-corrected chi connectivity index (χ4v) is 4.73. The molecule has 3 aliphatic rings. The van der Waals surface area contributed by atoms with Crippen molar-refractivity contribution in [1.29, 1.82) is 0 Å². The molecule has 2 N–H and O–H groups in total. The van der Waals surface area contributed by atoms with Gasteiger partial charge in [-0.2, -0.15) is 0 Å². The summed E-state index contributed by atoms with van der Waals surface area (Å²) in [5.41, 5.74) is 2.69. The first kappa shape index (κ1) is 21.5. The molecule has 1 saturated carbocycles. The maximum atomic E-state index is 13.8. The number of carbonyl (C=O) groups is 3. The molecule has 1 aliphatic carbocycles. The molecule has 0 radical (unpaired) electrons. The van der Waals surface area contributed by atoms with Crippen LogP contribution in [0.4, 0.5) is 4.79 Å². The molecule has 33 heavy (non-hydrogen) atoms. The van der Waals surface area contributed by atoms with E-state index < -0.39 is 12.1 Å². The first-order valence-electron chi connectivity index (χ1n) is 11.1. The number of nitrogens with zero attached hydrogens (tertiary/aromatic N) is 2. The second-order valence-corrected chi connectivity index (χ2v) is 9.15. The summed E-state index contributed by atoms with van der Waals surface area (Å²) in [4.78, 5) is 42.8. The van der Waals surface area contributed by atoms with Crippen molar-refractivity contribution >= 4 is 29.4 Å². The van der Waals surface area contributed by atoms with Crippen LogP contribution in [0.1, 0.15) is 30.0 Å². The van der Waals surface area contributed by atoms with Crippen LogP contribution in [0.2, 0.25) is 5.02 Å². The molecule has 0 spiro atoms. The van der Waals surface area contributed by atoms with Crippen molar-refractivity contribution in [3.8, 4) is 0 Å². The lowest BCUT2D eigenvalue weighted by molar-refractivity contribution is -0.136. The van der Waals surface area contributed by atoms with Gasteiger partial charge in [-0.05, 0) is 30.0 Å². The molecule has 170 valence electrons. The van der Waals surface area contributed by atoms with E-state index in [1.54, 1.807) is 30.1 Å². The van der Waals surface area contributed by atoms with Gasteiger partial charge in [0.1, 0.15) is 6.04 Å². The topological polar surface area (TPSA) is 81.8 Å². The van der Waals surface area contributed by atoms with Crippen molar-refractivity contribution in [1.82, 2.24) is 20.4 Å². The molecule has 2 aromatic rings. The Morgan fingerprint density at radius 3 is 2.52 bits per heavy atom. The Kier molecular flexibility index (Phi) is 5.58. The molecule has 0 saturated heterocycles. The van der Waals surface area contributed by atoms with Crippen molar-refractivity contribution in [3.63, 3.8) is 0 Å². The van der Waals surface area contributed by atoms with E-state index in [0.717, 1.165) is 18.4 Å². The van der Waals surface area contributed by atoms with Gasteiger partial charge in [0.25, 0.3) is 5.91 Å². The molecule has 1 fully saturated rings. The molecular weight excluding hydrogens is 440 g/mol. The Balaban J connectivity index is 1.50. The van der Waals surface area contributed by atoms with Gasteiger partial charge in [0, 0.05) is 24.5 Å². The number of halogens is 1. The van der Waals surface area contributed by atoms with E-state index in [-0.39, 0.29) is 30.4 Å². The third kappa shape index (κ3) is 4.09. The molecule has 2 heterocycles. The monoisotopic (exact) mass is 464 g/mol. The first-order chi connectivity index (χ1) is 15.9. The van der Waals surface area contributed by atoms with E-state index in [1.165, 1.54) is 4.90 Å². The molecule has 4 amide bonds. The minimum atomic E-state index is -0.679. The van der Waals surface area contributed by atoms with Crippen molar-refractivity contribution in [2.45, 2.75) is 37.4 Å². The van der Waals surface area contributed by atoms with Crippen LogP contribution in [-0.4, -0.2) is 53.3 Å². The molecular formula is C25H25ClN4O3. The maximum Gasteiger partial charge on any atom is 0.322 e. The second-order valence-electron chi connectivity index (χ2n) is 8.74. The van der Waals surface area contributed by atoms with Crippen molar-refractivity contribution < 1.29 is 14.4 Å². The standard InChI is InChI=1S/C25H25ClN4O3/c1-29-20-14-30(19(23(31)27-16-11-12-16)13-15-7-3-2-4-8-15)24(32)21(20)22(28-25(29)33)17-9-5-6-10-18(17)26/h2-10,16,19,22H,11-14H2,1H3,(H,27,31)(H,28,33). The van der Waals surface area contributed by atoms with E-state index >= 15 is 0 Å². The van der Waals surface area contributed by atoms with Gasteiger partial charge < -0.3 is 15.5 Å². The summed E-state index contributed by atoms with van der Waals surface area (Å²) in [6.45, 7) is 0.189. The van der Waals surface area contributed by atoms with Gasteiger partial charge in [-0.15, -0.1) is 0 Å². The number of hydrogen-bond acceptors (Lipinski definition) is 3. The first-order valence-corrected chi connectivity index (χ1v) is 11.5. The van der Waals surface area contributed by atoms with Crippen LogP contribution < -0.4 is 10.6 Å². The zero-order valence-electron chi connectivity index (χ0n) is 18.3. The summed E-state index contributed by atoms with van der Waals surface area (Å²) in [5, 5.41) is 6.43. The Morgan fingerprint density at radius 2 is 1.82 bits per heavy atom. The minimum Gasteiger partial charge on any atom is -0.352 e. The zero-order valence-corrected chi connectivity index (χ0v) is 19.0. The van der Waals surface area contributed by atoms with Crippen LogP contribution in [-0.2, 0) is 16.0 Å². The van der Waals surface area contributed by atoms with Gasteiger partial charge in [0.05, 0.1) is 23.9 Å². The lowest BCUT2D eigenvalue weighted by atomic mass is 9.95. The summed E-state index contributed by atoms with van der Waals surface area (Å²) in [5.74, 6) is -0.417. The van der Waals surface area contributed by atoms with Crippen LogP contribution in [0.15, 0.2) is 65.9 Å². The van der Waals surface area contributed by atoms with E-state index in [9.17, 15) is 14.4 Å². The van der Waals surface area contributed by atoms with Gasteiger partial charge in [-0.3, -0.25) is 14.5 Å². The Labute approximate surface area is 197 Å². The average molecular weight is 465 g/mol. The quantitative estimate of drug-likeness (QED) is 0.689. The summed E-state index contributed by atoms with van der Waals surface area (Å²) in [6.07, 6.45) is 2.32. The Hall–Kier alpha value is -3.32. The predicted molar refractivity (Wildman–Crippen MR) is 124 cm³/mol. The van der Waals surface area contributed by atoms with E-state index in [0.29, 0.717) is 28.3 Å². The zero-order chi connectivity index (χ0) is 23.1. The normalized spacial score (nSPS) is 21.1. The molecule has 5 rings (SSSR count). The number of benzene rings is 2. The van der Waals surface area contributed by atoms with Crippen LogP contribution in [0.25, 0.3) is 0 Å². The van der Waals surface area contributed by atoms with Crippen LogP contribution in [0.3, 0.4) is 0 Å². The van der Waals surface area contributed by atoms with Crippen LogP contribution in [0, 0.1) is 0 Å². The molecule has 2 aliphatic heterocycles. The molecule has 2 atom stereocenters. The van der Waals surface area contributed by atoms with Crippen LogP contribution in [0.5, 0.6) is 0 Å². The van der Waals surface area contributed by atoms with Gasteiger partial charge in [0.15, 0.2) is 0 Å². The van der Waals surface area contributed by atoms with Crippen LogP contribution >= 0.6 is 11.6 Å². The van der Waals surface area contributed by atoms with Crippen molar-refractivity contribution in [3.05, 3.63) is 82.0 Å². The van der Waals surface area contributed by atoms with Gasteiger partial charge in [-0.25, -0.2) is 4.79 Å². The van der Waals surface area contributed by atoms with Gasteiger partial charge >= 0.3 is 6.03 Å². The molecule has 8 heteroatoms. The van der Waals surface area contributed by atoms with Crippen molar-refractivity contribution in [2.24, 2.45) is 0 Å². The summed E-state index contributed by atoms with van der Waals surface area (Å²) >= 11 is 6.42. The third-order valence-electron chi connectivity index (χ3n) is 6.48. The van der Waals surface area contributed by atoms with E-state index in [4.69, 9.17) is 11.6 Å². The average Bonchev–Trinajstić information content (AvgIpc) is 3.56. The number of nitrogens with one attached hydrogen (secondary N) is 2. The smallest absolute Gasteiger partial charge is 0.322 e. The second kappa shape index (κ2) is 8.56. The molecule has 0 aromatic heterocycles. The lowest BCUT2D eigenvalue weighted by Gasteiger charge is -2.31. The highest BCUT2D eigenvalue weighted by molar-refractivity contribution is 6.31. The maximum absolute atomic E-state index is 13.8. The number of rotatable bonds is 6. The lowest BCUT2D eigenvalue weighted by Crippen LogP contribution is -2.50. The highest BCUT2D eigenvalue weighted by Crippen LogP contribution is 2.39. The third-order valence-corrected chi connectivity index (χ3v) is 6.82. The predicted octanol–water partition coefficient (Wildman–Crippen LogP) is 3.02. The Bertz CT molecular complexity index is 1150. The highest BCUT2D eigenvalue weighted by Gasteiger charge is 2.47. The summed E-state index contributed by atoms with van der Waals surface area (Å²) < 4.78 is 0. The number of amides is 4. The largest absolute Gasteiger partial charge is 0.352 e. The van der Waals surface area contributed by atoms with Gasteiger partial charge in [0.2, 0.25) is 5.91 Å². The fraction of sp³-hybridized carbons (Fsp3) is 0.320. The van der Waals surface area contributed by atoms with Gasteiger partial charge in [-0.1, -0.05) is 60.1 Å².